The molecule has 0 aliphatic rings. The second-order valence-corrected chi connectivity index (χ2v) is 3.05. The zero-order chi connectivity index (χ0) is 12.1. The summed E-state index contributed by atoms with van der Waals surface area (Å²) in [7, 11) is 0. The van der Waals surface area contributed by atoms with E-state index >= 15 is 0 Å². The number of benzene rings is 1. The maximum Gasteiger partial charge on any atom is 0.337 e. The lowest BCUT2D eigenvalue weighted by atomic mass is 10.1. The van der Waals surface area contributed by atoms with Gasteiger partial charge in [-0.15, -0.1) is 0 Å². The van der Waals surface area contributed by atoms with Crippen LogP contribution in [-0.4, -0.2) is 23.5 Å². The summed E-state index contributed by atoms with van der Waals surface area (Å²) < 4.78 is 13.3. The second-order valence-electron chi connectivity index (χ2n) is 3.05. The summed E-state index contributed by atoms with van der Waals surface area (Å²) >= 11 is 0. The fraction of sp³-hybridized carbons (Fsp3) is 0.200. The normalized spacial score (nSPS) is 9.88. The highest BCUT2D eigenvalue weighted by Gasteiger charge is 2.15. The largest absolute Gasteiger partial charge is 0.478 e. The first-order chi connectivity index (χ1) is 7.56. The van der Waals surface area contributed by atoms with Gasteiger partial charge in [0, 0.05) is 13.0 Å². The molecule has 6 heteroatoms. The maximum absolute atomic E-state index is 13.3. The average Bonchev–Trinajstić information content (AvgIpc) is 2.21. The van der Waals surface area contributed by atoms with Crippen molar-refractivity contribution in [2.24, 2.45) is 5.73 Å². The minimum absolute atomic E-state index is 0.00733. The quantitative estimate of drug-likeness (QED) is 0.708. The number of rotatable bonds is 4. The Morgan fingerprint density at radius 3 is 2.69 bits per heavy atom. The number of nitrogens with two attached hydrogens (primary N) is 1. The van der Waals surface area contributed by atoms with Gasteiger partial charge < -0.3 is 16.2 Å². The smallest absolute Gasteiger partial charge is 0.337 e. The molecule has 0 saturated heterocycles. The van der Waals surface area contributed by atoms with Crippen LogP contribution in [-0.2, 0) is 4.79 Å². The van der Waals surface area contributed by atoms with E-state index in [-0.39, 0.29) is 24.2 Å². The molecule has 1 aromatic rings. The number of carbonyl (C=O) groups is 2. The maximum atomic E-state index is 13.3. The van der Waals surface area contributed by atoms with E-state index in [0.717, 1.165) is 6.07 Å². The molecular formula is C10H11FN2O3. The first-order valence-electron chi connectivity index (χ1n) is 4.58. The molecule has 0 aliphatic heterocycles. The lowest BCUT2D eigenvalue weighted by Crippen LogP contribution is -2.19. The predicted octanol–water partition coefficient (Wildman–Crippen LogP) is 0.811. The molecule has 0 radical (unpaired) electrons. The van der Waals surface area contributed by atoms with E-state index in [2.05, 4.69) is 5.32 Å². The summed E-state index contributed by atoms with van der Waals surface area (Å²) in [6.07, 6.45) is 0.00733. The van der Waals surface area contributed by atoms with Crippen LogP contribution in [0.2, 0.25) is 0 Å². The molecule has 86 valence electrons. The van der Waals surface area contributed by atoms with Gasteiger partial charge in [0.1, 0.15) is 5.82 Å². The molecule has 0 fully saturated rings. The summed E-state index contributed by atoms with van der Waals surface area (Å²) in [5.41, 5.74) is 4.54. The van der Waals surface area contributed by atoms with Gasteiger partial charge in [-0.25, -0.2) is 9.18 Å². The topological polar surface area (TPSA) is 92.4 Å². The second kappa shape index (κ2) is 5.22. The van der Waals surface area contributed by atoms with Crippen LogP contribution in [0.1, 0.15) is 16.8 Å². The third-order valence-corrected chi connectivity index (χ3v) is 1.88. The molecule has 0 atom stereocenters. The predicted molar refractivity (Wildman–Crippen MR) is 55.7 cm³/mol. The van der Waals surface area contributed by atoms with Crippen LogP contribution in [0.25, 0.3) is 0 Å². The summed E-state index contributed by atoms with van der Waals surface area (Å²) in [6, 6.07) is 3.55. The van der Waals surface area contributed by atoms with Crippen molar-refractivity contribution < 1.29 is 19.1 Å². The summed E-state index contributed by atoms with van der Waals surface area (Å²) in [5, 5.41) is 11.0. The SMILES string of the molecule is NCCC(=O)Nc1c(F)cccc1C(=O)O. The van der Waals surface area contributed by atoms with Gasteiger partial charge in [-0.3, -0.25) is 4.79 Å². The fourth-order valence-corrected chi connectivity index (χ4v) is 1.16. The molecule has 5 nitrogen and oxygen atoms in total. The number of carboxylic acid groups (broad SMARTS) is 1. The van der Waals surface area contributed by atoms with Crippen molar-refractivity contribution in [2.45, 2.75) is 6.42 Å². The van der Waals surface area contributed by atoms with E-state index in [9.17, 15) is 14.0 Å². The molecule has 1 amide bonds. The van der Waals surface area contributed by atoms with Crippen molar-refractivity contribution in [1.29, 1.82) is 0 Å². The van der Waals surface area contributed by atoms with Crippen LogP contribution in [0.4, 0.5) is 10.1 Å². The number of anilines is 1. The van der Waals surface area contributed by atoms with Gasteiger partial charge in [-0.2, -0.15) is 0 Å². The number of carbonyl (C=O) groups excluding carboxylic acids is 1. The Morgan fingerprint density at radius 2 is 2.12 bits per heavy atom. The molecule has 1 aromatic carbocycles. The molecule has 0 aliphatic carbocycles. The van der Waals surface area contributed by atoms with Crippen molar-refractivity contribution in [3.63, 3.8) is 0 Å². The summed E-state index contributed by atoms with van der Waals surface area (Å²) in [6.45, 7) is 0.114. The van der Waals surface area contributed by atoms with Gasteiger partial charge in [0.15, 0.2) is 0 Å². The highest BCUT2D eigenvalue weighted by molar-refractivity contribution is 6.00. The van der Waals surface area contributed by atoms with Crippen LogP contribution < -0.4 is 11.1 Å². The van der Waals surface area contributed by atoms with E-state index in [1.807, 2.05) is 0 Å². The van der Waals surface area contributed by atoms with E-state index in [4.69, 9.17) is 10.8 Å². The minimum atomic E-state index is -1.30. The van der Waals surface area contributed by atoms with Gasteiger partial charge in [0.25, 0.3) is 0 Å². The Morgan fingerprint density at radius 1 is 1.44 bits per heavy atom. The molecule has 0 aromatic heterocycles. The first-order valence-corrected chi connectivity index (χ1v) is 4.58. The Bertz CT molecular complexity index is 421. The monoisotopic (exact) mass is 226 g/mol. The van der Waals surface area contributed by atoms with E-state index in [1.165, 1.54) is 12.1 Å². The highest BCUT2D eigenvalue weighted by Crippen LogP contribution is 2.19. The van der Waals surface area contributed by atoms with E-state index in [1.54, 1.807) is 0 Å². The van der Waals surface area contributed by atoms with Crippen LogP contribution in [0.3, 0.4) is 0 Å². The number of carboxylic acids is 1. The van der Waals surface area contributed by atoms with Gasteiger partial charge in [-0.1, -0.05) is 6.07 Å². The zero-order valence-electron chi connectivity index (χ0n) is 8.37. The van der Waals surface area contributed by atoms with Crippen LogP contribution >= 0.6 is 0 Å². The molecular weight excluding hydrogens is 215 g/mol. The lowest BCUT2D eigenvalue weighted by Gasteiger charge is -2.08. The van der Waals surface area contributed by atoms with Crippen molar-refractivity contribution in [3.05, 3.63) is 29.6 Å². The zero-order valence-corrected chi connectivity index (χ0v) is 8.37. The number of aromatic carboxylic acids is 1. The Balaban J connectivity index is 3.01. The molecule has 0 spiro atoms. The van der Waals surface area contributed by atoms with Gasteiger partial charge >= 0.3 is 5.97 Å². The van der Waals surface area contributed by atoms with Crippen LogP contribution in [0, 0.1) is 5.82 Å². The number of para-hydroxylation sites is 1. The fourth-order valence-electron chi connectivity index (χ4n) is 1.16. The van der Waals surface area contributed by atoms with Gasteiger partial charge in [0.05, 0.1) is 11.3 Å². The Labute approximate surface area is 91.1 Å². The third-order valence-electron chi connectivity index (χ3n) is 1.88. The van der Waals surface area contributed by atoms with Crippen molar-refractivity contribution in [3.8, 4) is 0 Å². The molecule has 0 bridgehead atoms. The van der Waals surface area contributed by atoms with Gasteiger partial charge in [-0.05, 0) is 12.1 Å². The Kier molecular flexibility index (Phi) is 3.96. The number of amides is 1. The lowest BCUT2D eigenvalue weighted by molar-refractivity contribution is -0.116. The van der Waals surface area contributed by atoms with Crippen molar-refractivity contribution in [2.75, 3.05) is 11.9 Å². The number of halogens is 1. The minimum Gasteiger partial charge on any atom is -0.478 e. The van der Waals surface area contributed by atoms with E-state index in [0.29, 0.717) is 0 Å². The van der Waals surface area contributed by atoms with Crippen molar-refractivity contribution in [1.82, 2.24) is 0 Å². The molecule has 0 heterocycles. The summed E-state index contributed by atoms with van der Waals surface area (Å²) in [5.74, 6) is -2.61. The Hall–Kier alpha value is -1.95. The molecule has 4 N–H and O–H groups in total. The van der Waals surface area contributed by atoms with Crippen molar-refractivity contribution >= 4 is 17.6 Å². The third kappa shape index (κ3) is 2.77. The molecule has 0 saturated carbocycles. The first kappa shape index (κ1) is 12.1. The van der Waals surface area contributed by atoms with Gasteiger partial charge in [0.2, 0.25) is 5.91 Å². The van der Waals surface area contributed by atoms with Crippen LogP contribution in [0.5, 0.6) is 0 Å². The van der Waals surface area contributed by atoms with Crippen LogP contribution in [0.15, 0.2) is 18.2 Å². The average molecular weight is 226 g/mol. The molecule has 16 heavy (non-hydrogen) atoms. The summed E-state index contributed by atoms with van der Waals surface area (Å²) in [4.78, 5) is 22.0. The number of hydrogen-bond donors (Lipinski definition) is 3. The standard InChI is InChI=1S/C10H11FN2O3/c11-7-3-1-2-6(10(15)16)9(7)13-8(14)4-5-12/h1-3H,4-5,12H2,(H,13,14)(H,15,16). The molecule has 0 unspecified atom stereocenters. The number of hydrogen-bond acceptors (Lipinski definition) is 3. The number of nitrogens with one attached hydrogen (secondary N) is 1. The highest BCUT2D eigenvalue weighted by atomic mass is 19.1. The van der Waals surface area contributed by atoms with E-state index < -0.39 is 17.7 Å². The molecule has 1 rings (SSSR count).